The number of carbonyl (C=O) groups is 1. The topological polar surface area (TPSA) is 78.7 Å². The standard InChI is InChI=1S/C25H23FN4O/c26-20-2-3-23-22(12-20)21(5-6-28-23)19-10-17-7-16(8-18(17)11-19)9-25(31)30-24-4-1-15(13-27)14-29-24/h1-6,12,14,16-19H,7-11H2,(H,29,30,31)/t16-,17-,18+,19+. The van der Waals surface area contributed by atoms with Gasteiger partial charge in [-0.05, 0) is 91.3 Å². The fraction of sp³-hybridized carbons (Fsp3) is 0.360. The van der Waals surface area contributed by atoms with E-state index in [1.54, 1.807) is 24.3 Å². The Bertz CT molecular complexity index is 1160. The minimum Gasteiger partial charge on any atom is -0.311 e. The van der Waals surface area contributed by atoms with Gasteiger partial charge in [0.25, 0.3) is 0 Å². The zero-order valence-electron chi connectivity index (χ0n) is 17.1. The average Bonchev–Trinajstić information content (AvgIpc) is 3.32. The largest absolute Gasteiger partial charge is 0.311 e. The number of hydrogen-bond acceptors (Lipinski definition) is 4. The number of nitrogens with zero attached hydrogens (tertiary/aromatic N) is 3. The van der Waals surface area contributed by atoms with Crippen LogP contribution in [0.1, 0.15) is 49.1 Å². The lowest BCUT2D eigenvalue weighted by Gasteiger charge is -2.17. The lowest BCUT2D eigenvalue weighted by Crippen LogP contribution is -2.16. The zero-order valence-corrected chi connectivity index (χ0v) is 17.1. The molecule has 6 heteroatoms. The number of fused-ring (bicyclic) bond motifs is 2. The molecule has 0 saturated heterocycles. The van der Waals surface area contributed by atoms with Gasteiger partial charge < -0.3 is 5.32 Å². The summed E-state index contributed by atoms with van der Waals surface area (Å²) in [6, 6.07) is 12.2. The van der Waals surface area contributed by atoms with E-state index in [1.165, 1.54) is 17.8 Å². The summed E-state index contributed by atoms with van der Waals surface area (Å²) in [5, 5.41) is 12.6. The van der Waals surface area contributed by atoms with E-state index in [-0.39, 0.29) is 11.7 Å². The van der Waals surface area contributed by atoms with Crippen molar-refractivity contribution in [3.05, 3.63) is 65.7 Å². The third-order valence-corrected chi connectivity index (χ3v) is 6.92. The van der Waals surface area contributed by atoms with Crippen molar-refractivity contribution in [1.29, 1.82) is 5.26 Å². The number of carbonyl (C=O) groups excluding carboxylic acids is 1. The Morgan fingerprint density at radius 3 is 2.61 bits per heavy atom. The van der Waals surface area contributed by atoms with Gasteiger partial charge in [0.15, 0.2) is 0 Å². The molecule has 2 aliphatic carbocycles. The van der Waals surface area contributed by atoms with Crippen molar-refractivity contribution < 1.29 is 9.18 Å². The summed E-state index contributed by atoms with van der Waals surface area (Å²) < 4.78 is 13.8. The van der Waals surface area contributed by atoms with Gasteiger partial charge in [-0.25, -0.2) is 9.37 Å². The Hall–Kier alpha value is -3.33. The van der Waals surface area contributed by atoms with Crippen molar-refractivity contribution >= 4 is 22.6 Å². The molecule has 31 heavy (non-hydrogen) atoms. The molecule has 2 fully saturated rings. The van der Waals surface area contributed by atoms with Gasteiger partial charge in [-0.3, -0.25) is 9.78 Å². The molecule has 5 nitrogen and oxygen atoms in total. The lowest BCUT2D eigenvalue weighted by atomic mass is 9.89. The number of anilines is 1. The van der Waals surface area contributed by atoms with Gasteiger partial charge in [-0.2, -0.15) is 5.26 Å². The summed E-state index contributed by atoms with van der Waals surface area (Å²) in [5.74, 6) is 2.30. The van der Waals surface area contributed by atoms with Crippen LogP contribution in [0.2, 0.25) is 0 Å². The van der Waals surface area contributed by atoms with E-state index in [9.17, 15) is 9.18 Å². The average molecular weight is 414 g/mol. The number of nitriles is 1. The molecule has 1 amide bonds. The van der Waals surface area contributed by atoms with E-state index in [2.05, 4.69) is 15.3 Å². The number of hydrogen-bond donors (Lipinski definition) is 1. The van der Waals surface area contributed by atoms with Crippen molar-refractivity contribution in [3.8, 4) is 6.07 Å². The van der Waals surface area contributed by atoms with E-state index >= 15 is 0 Å². The summed E-state index contributed by atoms with van der Waals surface area (Å²) >= 11 is 0. The maximum Gasteiger partial charge on any atom is 0.225 e. The molecule has 1 N–H and O–H groups in total. The highest BCUT2D eigenvalue weighted by Gasteiger charge is 2.42. The summed E-state index contributed by atoms with van der Waals surface area (Å²) in [4.78, 5) is 20.9. The summed E-state index contributed by atoms with van der Waals surface area (Å²) in [6.45, 7) is 0. The quantitative estimate of drug-likeness (QED) is 0.637. The third-order valence-electron chi connectivity index (χ3n) is 6.92. The predicted molar refractivity (Wildman–Crippen MR) is 116 cm³/mol. The summed E-state index contributed by atoms with van der Waals surface area (Å²) in [6.07, 6.45) is 8.10. The molecular formula is C25H23FN4O. The Morgan fingerprint density at radius 2 is 1.90 bits per heavy atom. The van der Waals surface area contributed by atoms with Gasteiger partial charge in [0.1, 0.15) is 17.7 Å². The molecular weight excluding hydrogens is 391 g/mol. The SMILES string of the molecule is N#Cc1ccc(NC(=O)C[C@@H]2C[C@@H]3C[C@H](c4ccnc5ccc(F)cc45)C[C@@H]3C2)nc1. The zero-order chi connectivity index (χ0) is 21.4. The highest BCUT2D eigenvalue weighted by atomic mass is 19.1. The van der Waals surface area contributed by atoms with Crippen LogP contribution in [0, 0.1) is 34.9 Å². The van der Waals surface area contributed by atoms with Crippen LogP contribution in [0.15, 0.2) is 48.8 Å². The molecule has 3 aromatic rings. The second-order valence-electron chi connectivity index (χ2n) is 8.88. The first-order valence-electron chi connectivity index (χ1n) is 10.8. The Labute approximate surface area is 180 Å². The van der Waals surface area contributed by atoms with Crippen LogP contribution in [0.3, 0.4) is 0 Å². The minimum atomic E-state index is -0.220. The highest BCUT2D eigenvalue weighted by Crippen LogP contribution is 2.53. The molecule has 0 radical (unpaired) electrons. The normalized spacial score (nSPS) is 24.6. The van der Waals surface area contributed by atoms with E-state index in [0.29, 0.717) is 41.5 Å². The molecule has 1 aromatic carbocycles. The molecule has 5 rings (SSSR count). The number of halogens is 1. The molecule has 2 heterocycles. The van der Waals surface area contributed by atoms with Crippen LogP contribution in [0.4, 0.5) is 10.2 Å². The first-order valence-corrected chi connectivity index (χ1v) is 10.8. The number of benzene rings is 1. The van der Waals surface area contributed by atoms with Crippen molar-refractivity contribution in [2.24, 2.45) is 17.8 Å². The fourth-order valence-electron chi connectivity index (χ4n) is 5.65. The van der Waals surface area contributed by atoms with Crippen LogP contribution in [-0.4, -0.2) is 15.9 Å². The van der Waals surface area contributed by atoms with Crippen LogP contribution in [0.25, 0.3) is 10.9 Å². The monoisotopic (exact) mass is 414 g/mol. The Kier molecular flexibility index (Phi) is 5.11. The van der Waals surface area contributed by atoms with Gasteiger partial charge in [0.05, 0.1) is 11.1 Å². The van der Waals surface area contributed by atoms with E-state index in [1.807, 2.05) is 18.3 Å². The van der Waals surface area contributed by atoms with Gasteiger partial charge in [0.2, 0.25) is 5.91 Å². The van der Waals surface area contributed by atoms with Crippen molar-refractivity contribution in [2.45, 2.75) is 38.0 Å². The molecule has 0 aliphatic heterocycles. The van der Waals surface area contributed by atoms with E-state index < -0.39 is 0 Å². The van der Waals surface area contributed by atoms with E-state index in [4.69, 9.17) is 5.26 Å². The van der Waals surface area contributed by atoms with Crippen molar-refractivity contribution in [3.63, 3.8) is 0 Å². The molecule has 2 saturated carbocycles. The Morgan fingerprint density at radius 1 is 1.10 bits per heavy atom. The first kappa shape index (κ1) is 19.6. The first-order chi connectivity index (χ1) is 15.1. The molecule has 4 atom stereocenters. The van der Waals surface area contributed by atoms with Crippen molar-refractivity contribution in [2.75, 3.05) is 5.32 Å². The van der Waals surface area contributed by atoms with Gasteiger partial charge in [-0.15, -0.1) is 0 Å². The Balaban J connectivity index is 1.20. The van der Waals surface area contributed by atoms with Gasteiger partial charge >= 0.3 is 0 Å². The number of rotatable bonds is 4. The minimum absolute atomic E-state index is 0.0191. The fourth-order valence-corrected chi connectivity index (χ4v) is 5.65. The van der Waals surface area contributed by atoms with Crippen LogP contribution in [0.5, 0.6) is 0 Å². The second kappa shape index (κ2) is 8.07. The van der Waals surface area contributed by atoms with Crippen LogP contribution >= 0.6 is 0 Å². The van der Waals surface area contributed by atoms with Gasteiger partial charge in [0, 0.05) is 24.2 Å². The van der Waals surface area contributed by atoms with Crippen LogP contribution in [-0.2, 0) is 4.79 Å². The molecule has 2 aliphatic rings. The van der Waals surface area contributed by atoms with Crippen molar-refractivity contribution in [1.82, 2.24) is 9.97 Å². The van der Waals surface area contributed by atoms with Crippen LogP contribution < -0.4 is 5.32 Å². The maximum atomic E-state index is 13.8. The second-order valence-corrected chi connectivity index (χ2v) is 8.88. The molecule has 0 unspecified atom stereocenters. The van der Waals surface area contributed by atoms with E-state index in [0.717, 1.165) is 36.6 Å². The number of pyridine rings is 2. The molecule has 156 valence electrons. The number of nitrogens with one attached hydrogen (secondary N) is 1. The van der Waals surface area contributed by atoms with Gasteiger partial charge in [-0.1, -0.05) is 0 Å². The summed E-state index contributed by atoms with van der Waals surface area (Å²) in [7, 11) is 0. The smallest absolute Gasteiger partial charge is 0.225 e. The number of aromatic nitrogens is 2. The highest BCUT2D eigenvalue weighted by molar-refractivity contribution is 5.90. The lowest BCUT2D eigenvalue weighted by molar-refractivity contribution is -0.117. The molecule has 2 aromatic heterocycles. The maximum absolute atomic E-state index is 13.8. The predicted octanol–water partition coefficient (Wildman–Crippen LogP) is 5.19. The molecule has 0 bridgehead atoms. The molecule has 0 spiro atoms. The number of amides is 1. The summed E-state index contributed by atoms with van der Waals surface area (Å²) in [5.41, 5.74) is 2.53. The third kappa shape index (κ3) is 4.00.